The standard InChI is InChI=1S/C97H162O16P2/c1-4-7-10-13-16-19-22-25-28-31-34-37-39-40-41-42-43-44-45-46-47-48-49-50-52-55-56-59-62-65-68-71-74-77-80-83-95(100)107-86-92(98)87-109-114(103,104)110-88-93(99)89-111-115(105,106)112-91-94(113-97(102)85-82-79-76-73-70-67-64-61-58-53-36-33-30-27-24-21-18-15-12-9-6-3)90-108-96(101)84-81-78-75-72-69-66-63-60-57-54-51-38-35-32-29-26-23-20-17-14-11-8-5-2/h7,9-10,12,16-21,25-30,34-38,40-41,43-44,53-54,57,61,64,92-94,98-99H,4-6,8,11,13-15,22-24,31-33,39,42,45-52,55-56,58-60,62-63,65-91H2,1-3H3,(H,103,104)(H,105,106)/b10-7-,12-9-,19-16-,20-17-,21-18-,28-25-,29-26-,30-27-,37-34-,38-35-,41-40-,44-43-,53-36-,57-54-,64-61-. The zero-order valence-electron chi connectivity index (χ0n) is 72.1. The molecule has 0 heterocycles. The second-order valence-electron chi connectivity index (χ2n) is 29.6. The molecule has 656 valence electrons. The molecule has 0 aromatic rings. The van der Waals surface area contributed by atoms with Gasteiger partial charge in [-0.25, -0.2) is 9.13 Å². The van der Waals surface area contributed by atoms with E-state index in [0.717, 1.165) is 186 Å². The van der Waals surface area contributed by atoms with Crippen LogP contribution in [0.15, 0.2) is 182 Å². The van der Waals surface area contributed by atoms with Crippen molar-refractivity contribution in [1.82, 2.24) is 0 Å². The molecule has 5 unspecified atom stereocenters. The van der Waals surface area contributed by atoms with E-state index in [4.69, 9.17) is 32.3 Å². The number of esters is 3. The number of aliphatic hydroxyl groups excluding tert-OH is 2. The Hall–Kier alpha value is -5.35. The van der Waals surface area contributed by atoms with Gasteiger partial charge in [0.1, 0.15) is 25.4 Å². The highest BCUT2D eigenvalue weighted by Crippen LogP contribution is 2.45. The Bertz CT molecular complexity index is 2820. The summed E-state index contributed by atoms with van der Waals surface area (Å²) in [4.78, 5) is 58.9. The Morgan fingerprint density at radius 2 is 0.461 bits per heavy atom. The number of phosphoric ester groups is 2. The lowest BCUT2D eigenvalue weighted by Gasteiger charge is -2.21. The van der Waals surface area contributed by atoms with Gasteiger partial charge in [-0.1, -0.05) is 357 Å². The molecule has 5 atom stereocenters. The molecule has 18 heteroatoms. The first-order valence-corrected chi connectivity index (χ1v) is 48.1. The van der Waals surface area contributed by atoms with E-state index >= 15 is 0 Å². The second-order valence-corrected chi connectivity index (χ2v) is 32.5. The van der Waals surface area contributed by atoms with Gasteiger partial charge in [0.2, 0.25) is 0 Å². The molecule has 115 heavy (non-hydrogen) atoms. The molecule has 0 saturated carbocycles. The first kappa shape index (κ1) is 110. The normalized spacial score (nSPS) is 14.7. The maximum Gasteiger partial charge on any atom is 0.472 e. The van der Waals surface area contributed by atoms with E-state index in [1.807, 2.05) is 0 Å². The minimum Gasteiger partial charge on any atom is -0.463 e. The highest BCUT2D eigenvalue weighted by atomic mass is 31.2. The van der Waals surface area contributed by atoms with Crippen LogP contribution in [-0.4, -0.2) is 95.9 Å². The van der Waals surface area contributed by atoms with Crippen molar-refractivity contribution >= 4 is 33.6 Å². The molecule has 0 bridgehead atoms. The average molecular weight is 1650 g/mol. The van der Waals surface area contributed by atoms with Gasteiger partial charge in [-0.05, 0) is 161 Å². The van der Waals surface area contributed by atoms with Crippen molar-refractivity contribution in [2.24, 2.45) is 0 Å². The summed E-state index contributed by atoms with van der Waals surface area (Å²) in [6.07, 6.45) is 115. The summed E-state index contributed by atoms with van der Waals surface area (Å²) < 4.78 is 61.4. The summed E-state index contributed by atoms with van der Waals surface area (Å²) in [5.74, 6) is -1.61. The monoisotopic (exact) mass is 1650 g/mol. The first-order chi connectivity index (χ1) is 56.2. The topological polar surface area (TPSA) is 231 Å². The molecule has 0 aliphatic carbocycles. The van der Waals surface area contributed by atoms with Gasteiger partial charge in [-0.2, -0.15) is 0 Å². The number of phosphoric acid groups is 2. The van der Waals surface area contributed by atoms with Crippen molar-refractivity contribution in [3.05, 3.63) is 182 Å². The van der Waals surface area contributed by atoms with Crippen molar-refractivity contribution in [1.29, 1.82) is 0 Å². The fraction of sp³-hybridized carbons (Fsp3) is 0.660. The molecule has 0 aliphatic heterocycles. The molecule has 0 fully saturated rings. The number of allylic oxidation sites excluding steroid dienone is 30. The third-order valence-corrected chi connectivity index (χ3v) is 20.5. The first-order valence-electron chi connectivity index (χ1n) is 45.1. The summed E-state index contributed by atoms with van der Waals surface area (Å²) in [6.45, 7) is 2.41. The molecule has 0 radical (unpaired) electrons. The highest BCUT2D eigenvalue weighted by molar-refractivity contribution is 7.47. The molecular weight excluding hydrogens is 1480 g/mol. The van der Waals surface area contributed by atoms with E-state index in [1.54, 1.807) is 0 Å². The number of ether oxygens (including phenoxy) is 3. The van der Waals surface area contributed by atoms with E-state index < -0.39 is 91.5 Å². The predicted octanol–water partition coefficient (Wildman–Crippen LogP) is 27.7. The zero-order chi connectivity index (χ0) is 83.6. The van der Waals surface area contributed by atoms with Crippen LogP contribution in [0.1, 0.15) is 355 Å². The SMILES string of the molecule is CC/C=C\C/C=C\C/C=C\C/C=C\C/C=C\C/C=C\CCCCCCCCCCCCCCCCCCC(=O)OCC(O)COP(=O)(O)OCC(O)COP(=O)(O)OCC(COC(=O)CCCCCCCCC/C=C\C/C=C\C/C=C\C/C=C\CCCCC)OC(=O)CCCCCCC/C=C\C/C=C\C/C=C\C/C=C\C/C=C\CC. The van der Waals surface area contributed by atoms with E-state index in [1.165, 1.54) is 109 Å². The molecule has 0 aromatic carbocycles. The smallest absolute Gasteiger partial charge is 0.463 e. The van der Waals surface area contributed by atoms with Gasteiger partial charge in [0.25, 0.3) is 0 Å². The number of hydrogen-bond donors (Lipinski definition) is 4. The van der Waals surface area contributed by atoms with Gasteiger partial charge in [-0.15, -0.1) is 0 Å². The molecule has 0 aromatic heterocycles. The van der Waals surface area contributed by atoms with Crippen LogP contribution >= 0.6 is 15.6 Å². The van der Waals surface area contributed by atoms with Crippen LogP contribution in [0.2, 0.25) is 0 Å². The third-order valence-electron chi connectivity index (χ3n) is 18.6. The van der Waals surface area contributed by atoms with Crippen molar-refractivity contribution in [2.45, 2.75) is 373 Å². The van der Waals surface area contributed by atoms with Crippen molar-refractivity contribution < 1.29 is 75.8 Å². The maximum absolute atomic E-state index is 13.0. The van der Waals surface area contributed by atoms with E-state index in [2.05, 4.69) is 203 Å². The van der Waals surface area contributed by atoms with Crippen molar-refractivity contribution in [3.8, 4) is 0 Å². The minimum atomic E-state index is -4.95. The molecule has 0 spiro atoms. The molecule has 0 amide bonds. The Labute approximate surface area is 700 Å². The largest absolute Gasteiger partial charge is 0.472 e. The maximum atomic E-state index is 13.0. The van der Waals surface area contributed by atoms with Gasteiger partial charge in [0.05, 0.1) is 26.4 Å². The minimum absolute atomic E-state index is 0.0744. The molecule has 0 rings (SSSR count). The van der Waals surface area contributed by atoms with Gasteiger partial charge in [-0.3, -0.25) is 32.5 Å². The number of unbranched alkanes of at least 4 members (excludes halogenated alkanes) is 31. The fourth-order valence-electron chi connectivity index (χ4n) is 11.8. The zero-order valence-corrected chi connectivity index (χ0v) is 73.9. The lowest BCUT2D eigenvalue weighted by molar-refractivity contribution is -0.161. The van der Waals surface area contributed by atoms with Gasteiger partial charge in [0.15, 0.2) is 6.10 Å². The molecule has 4 N–H and O–H groups in total. The Kier molecular flexibility index (Phi) is 83.9. The van der Waals surface area contributed by atoms with Crippen LogP contribution in [0, 0.1) is 0 Å². The third kappa shape index (κ3) is 89.3. The quantitative estimate of drug-likeness (QED) is 0.0146. The molecule has 16 nitrogen and oxygen atoms in total. The summed E-state index contributed by atoms with van der Waals surface area (Å²) in [7, 11) is -9.82. The van der Waals surface area contributed by atoms with E-state index in [-0.39, 0.29) is 19.3 Å². The van der Waals surface area contributed by atoms with Gasteiger partial charge >= 0.3 is 33.6 Å². The average Bonchev–Trinajstić information content (AvgIpc) is 0.901. The van der Waals surface area contributed by atoms with Gasteiger partial charge in [0, 0.05) is 19.3 Å². The summed E-state index contributed by atoms with van der Waals surface area (Å²) in [5, 5.41) is 20.7. The van der Waals surface area contributed by atoms with Crippen LogP contribution in [0.3, 0.4) is 0 Å². The Morgan fingerprint density at radius 1 is 0.252 bits per heavy atom. The Balaban J connectivity index is 4.56. The lowest BCUT2D eigenvalue weighted by Crippen LogP contribution is -2.30. The van der Waals surface area contributed by atoms with Crippen LogP contribution in [0.25, 0.3) is 0 Å². The number of carbonyl (C=O) groups excluding carboxylic acids is 3. The van der Waals surface area contributed by atoms with E-state index in [9.17, 15) is 43.5 Å². The summed E-state index contributed by atoms with van der Waals surface area (Å²) in [5.41, 5.74) is 0. The summed E-state index contributed by atoms with van der Waals surface area (Å²) >= 11 is 0. The second kappa shape index (κ2) is 87.9. The molecule has 0 aliphatic rings. The number of carbonyl (C=O) groups is 3. The van der Waals surface area contributed by atoms with Crippen LogP contribution < -0.4 is 0 Å². The highest BCUT2D eigenvalue weighted by Gasteiger charge is 2.29. The Morgan fingerprint density at radius 3 is 0.730 bits per heavy atom. The number of rotatable bonds is 84. The van der Waals surface area contributed by atoms with Crippen LogP contribution in [0.4, 0.5) is 0 Å². The predicted molar refractivity (Wildman–Crippen MR) is 481 cm³/mol. The molecule has 0 saturated heterocycles. The van der Waals surface area contributed by atoms with Crippen LogP contribution in [-0.2, 0) is 55.8 Å². The van der Waals surface area contributed by atoms with E-state index in [0.29, 0.717) is 19.3 Å². The number of aliphatic hydroxyl groups is 2. The van der Waals surface area contributed by atoms with Gasteiger partial charge < -0.3 is 34.2 Å². The fourth-order valence-corrected chi connectivity index (χ4v) is 13.4. The molecular formula is C97H162O16P2. The summed E-state index contributed by atoms with van der Waals surface area (Å²) in [6, 6.07) is 0. The van der Waals surface area contributed by atoms with Crippen molar-refractivity contribution in [3.63, 3.8) is 0 Å². The van der Waals surface area contributed by atoms with Crippen LogP contribution in [0.5, 0.6) is 0 Å². The lowest BCUT2D eigenvalue weighted by atomic mass is 10.0. The van der Waals surface area contributed by atoms with Crippen molar-refractivity contribution in [2.75, 3.05) is 39.6 Å². The number of hydrogen-bond acceptors (Lipinski definition) is 14.